The lowest BCUT2D eigenvalue weighted by Gasteiger charge is -2.42. The first kappa shape index (κ1) is 25.5. The highest BCUT2D eigenvalue weighted by Gasteiger charge is 2.44. The van der Waals surface area contributed by atoms with Crippen LogP contribution in [0.2, 0.25) is 0 Å². The molecule has 9 N–H and O–H groups in total. The summed E-state index contributed by atoms with van der Waals surface area (Å²) in [7, 11) is 0. The van der Waals surface area contributed by atoms with Crippen LogP contribution in [0.25, 0.3) is 0 Å². The molecule has 0 bridgehead atoms. The molecule has 2 fully saturated rings. The lowest BCUT2D eigenvalue weighted by atomic mass is 9.90. The van der Waals surface area contributed by atoms with E-state index in [0.717, 1.165) is 12.8 Å². The van der Waals surface area contributed by atoms with Crippen LogP contribution in [0, 0.1) is 5.41 Å². The lowest BCUT2D eigenvalue weighted by Crippen LogP contribution is -2.70. The minimum absolute atomic E-state index is 0.105. The van der Waals surface area contributed by atoms with Crippen molar-refractivity contribution in [2.24, 2.45) is 11.5 Å². The Hall–Kier alpha value is -2.73. The molecule has 0 aromatic heterocycles. The van der Waals surface area contributed by atoms with Crippen LogP contribution in [0.5, 0.6) is 0 Å². The van der Waals surface area contributed by atoms with Crippen LogP contribution in [0.3, 0.4) is 0 Å². The molecule has 3 amide bonds. The van der Waals surface area contributed by atoms with Gasteiger partial charge in [-0.3, -0.25) is 29.5 Å². The smallest absolute Gasteiger partial charge is 0.241 e. The monoisotopic (exact) mass is 452 g/mol. The van der Waals surface area contributed by atoms with Gasteiger partial charge in [0.1, 0.15) is 11.6 Å². The lowest BCUT2D eigenvalue weighted by molar-refractivity contribution is -0.141. The maximum atomic E-state index is 13.2. The number of guanidine groups is 1. The van der Waals surface area contributed by atoms with Crippen molar-refractivity contribution >= 4 is 29.5 Å². The van der Waals surface area contributed by atoms with Crippen molar-refractivity contribution in [1.82, 2.24) is 26.2 Å². The Morgan fingerprint density at radius 3 is 2.53 bits per heavy atom. The number of primary amides is 1. The highest BCUT2D eigenvalue weighted by atomic mass is 16.2. The van der Waals surface area contributed by atoms with E-state index in [1.165, 1.54) is 0 Å². The van der Waals surface area contributed by atoms with Gasteiger partial charge in [0.15, 0.2) is 11.7 Å². The van der Waals surface area contributed by atoms with Crippen molar-refractivity contribution < 1.29 is 19.2 Å². The summed E-state index contributed by atoms with van der Waals surface area (Å²) in [4.78, 5) is 51.7. The van der Waals surface area contributed by atoms with Crippen LogP contribution >= 0.6 is 0 Å². The third kappa shape index (κ3) is 6.63. The Bertz CT molecular complexity index is 745. The fraction of sp³-hybridized carbons (Fsp3) is 0.750. The number of carbonyl (C=O) groups is 4. The van der Waals surface area contributed by atoms with E-state index in [1.807, 2.05) is 0 Å². The SMILES string of the molecule is CCCC[C@@H]1NC[C@](C)(C(=O)CN2C[C@H](C(N)=O)NC(=O)[C@@H]2CCCNC(=N)N)NC1=O. The average Bonchev–Trinajstić information content (AvgIpc) is 2.71. The number of amides is 3. The first-order valence-corrected chi connectivity index (χ1v) is 11.1. The standard InChI is InChI=1S/C20H36N8O4/c1-3-4-6-12-17(31)27-20(2,11-25-12)15(29)10-28-9-13(16(21)30)26-18(32)14(28)7-5-8-24-19(22)23/h12-14,25H,3-11H2,1-2H3,(H2,21,30)(H,26,32)(H,27,31)(H4,22,23,24)/t12-,13+,14-,20+/m0/s1. The highest BCUT2D eigenvalue weighted by molar-refractivity contribution is 5.97. The van der Waals surface area contributed by atoms with Gasteiger partial charge >= 0.3 is 0 Å². The zero-order valence-electron chi connectivity index (χ0n) is 18.8. The highest BCUT2D eigenvalue weighted by Crippen LogP contribution is 2.18. The molecule has 12 heteroatoms. The van der Waals surface area contributed by atoms with Crippen LogP contribution < -0.4 is 32.7 Å². The van der Waals surface area contributed by atoms with Gasteiger partial charge in [-0.25, -0.2) is 0 Å². The molecule has 0 unspecified atom stereocenters. The Morgan fingerprint density at radius 1 is 1.22 bits per heavy atom. The predicted octanol–water partition coefficient (Wildman–Crippen LogP) is -2.49. The van der Waals surface area contributed by atoms with Crippen LogP contribution in [0.1, 0.15) is 46.0 Å². The van der Waals surface area contributed by atoms with E-state index >= 15 is 0 Å². The van der Waals surface area contributed by atoms with Gasteiger partial charge in [-0.2, -0.15) is 0 Å². The van der Waals surface area contributed by atoms with E-state index < -0.39 is 23.5 Å². The topological polar surface area (TPSA) is 196 Å². The van der Waals surface area contributed by atoms with Gasteiger partial charge < -0.3 is 32.7 Å². The molecular weight excluding hydrogens is 416 g/mol. The van der Waals surface area contributed by atoms with Crippen molar-refractivity contribution in [1.29, 1.82) is 5.41 Å². The Balaban J connectivity index is 2.06. The second-order valence-electron chi connectivity index (χ2n) is 8.71. The summed E-state index contributed by atoms with van der Waals surface area (Å²) in [6, 6.07) is -1.86. The quantitative estimate of drug-likeness (QED) is 0.101. The van der Waals surface area contributed by atoms with E-state index in [2.05, 4.69) is 28.2 Å². The van der Waals surface area contributed by atoms with Crippen molar-refractivity contribution in [3.8, 4) is 0 Å². The minimum Gasteiger partial charge on any atom is -0.370 e. The molecule has 180 valence electrons. The minimum atomic E-state index is -1.11. The van der Waals surface area contributed by atoms with Crippen LogP contribution in [-0.2, 0) is 19.2 Å². The molecule has 2 heterocycles. The van der Waals surface area contributed by atoms with Crippen LogP contribution in [0.4, 0.5) is 0 Å². The molecule has 0 spiro atoms. The zero-order chi connectivity index (χ0) is 23.9. The maximum absolute atomic E-state index is 13.2. The summed E-state index contributed by atoms with van der Waals surface area (Å²) in [6.07, 6.45) is 3.51. The van der Waals surface area contributed by atoms with Crippen LogP contribution in [-0.4, -0.2) is 84.2 Å². The largest absolute Gasteiger partial charge is 0.370 e. The van der Waals surface area contributed by atoms with E-state index in [1.54, 1.807) is 11.8 Å². The Labute approximate surface area is 188 Å². The first-order valence-electron chi connectivity index (χ1n) is 11.1. The van der Waals surface area contributed by atoms with Crippen molar-refractivity contribution in [3.63, 3.8) is 0 Å². The summed E-state index contributed by atoms with van der Waals surface area (Å²) < 4.78 is 0. The van der Waals surface area contributed by atoms with Crippen LogP contribution in [0.15, 0.2) is 0 Å². The third-order valence-electron chi connectivity index (χ3n) is 6.02. The summed E-state index contributed by atoms with van der Waals surface area (Å²) in [5, 5.41) is 18.5. The number of rotatable bonds is 11. The molecule has 12 nitrogen and oxygen atoms in total. The molecule has 0 aromatic rings. The van der Waals surface area contributed by atoms with E-state index in [9.17, 15) is 19.2 Å². The van der Waals surface area contributed by atoms with Gasteiger partial charge in [0.2, 0.25) is 17.7 Å². The fourth-order valence-electron chi connectivity index (χ4n) is 4.00. The van der Waals surface area contributed by atoms with E-state index in [0.29, 0.717) is 32.4 Å². The molecule has 2 rings (SSSR count). The van der Waals surface area contributed by atoms with Crippen molar-refractivity contribution in [2.45, 2.75) is 69.6 Å². The molecule has 0 aromatic carbocycles. The van der Waals surface area contributed by atoms with Gasteiger partial charge in [-0.15, -0.1) is 0 Å². The van der Waals surface area contributed by atoms with E-state index in [4.69, 9.17) is 16.9 Å². The number of unbranched alkanes of at least 4 members (excludes halogenated alkanes) is 1. The summed E-state index contributed by atoms with van der Waals surface area (Å²) in [5.41, 5.74) is 9.55. The third-order valence-corrected chi connectivity index (χ3v) is 6.02. The number of carbonyl (C=O) groups excluding carboxylic acids is 4. The summed E-state index contributed by atoms with van der Waals surface area (Å²) in [6.45, 7) is 4.40. The summed E-state index contributed by atoms with van der Waals surface area (Å²) in [5.74, 6) is -1.68. The summed E-state index contributed by atoms with van der Waals surface area (Å²) >= 11 is 0. The van der Waals surface area contributed by atoms with Crippen molar-refractivity contribution in [3.05, 3.63) is 0 Å². The second kappa shape index (κ2) is 11.2. The molecule has 2 saturated heterocycles. The number of nitrogens with two attached hydrogens (primary N) is 2. The zero-order valence-corrected chi connectivity index (χ0v) is 18.8. The predicted molar refractivity (Wildman–Crippen MR) is 119 cm³/mol. The van der Waals surface area contributed by atoms with Crippen molar-refractivity contribution in [2.75, 3.05) is 26.2 Å². The number of hydrogen-bond donors (Lipinski definition) is 7. The fourth-order valence-corrected chi connectivity index (χ4v) is 4.00. The number of nitrogens with zero attached hydrogens (tertiary/aromatic N) is 1. The normalized spacial score (nSPS) is 28.5. The second-order valence-corrected chi connectivity index (χ2v) is 8.71. The molecule has 0 radical (unpaired) electrons. The molecule has 2 aliphatic heterocycles. The van der Waals surface area contributed by atoms with Gasteiger partial charge in [-0.1, -0.05) is 19.8 Å². The number of hydrogen-bond acceptors (Lipinski definition) is 7. The van der Waals surface area contributed by atoms with E-state index in [-0.39, 0.29) is 42.7 Å². The van der Waals surface area contributed by atoms with Gasteiger partial charge in [0, 0.05) is 19.6 Å². The number of Topliss-reactive ketones (excluding diaryl/α,β-unsaturated/α-hetero) is 1. The van der Waals surface area contributed by atoms with Gasteiger partial charge in [-0.05, 0) is 26.2 Å². The molecule has 0 saturated carbocycles. The molecule has 2 aliphatic rings. The maximum Gasteiger partial charge on any atom is 0.241 e. The Kier molecular flexibility index (Phi) is 8.96. The van der Waals surface area contributed by atoms with Gasteiger partial charge in [0.25, 0.3) is 0 Å². The Morgan fingerprint density at radius 2 is 1.94 bits per heavy atom. The first-order chi connectivity index (χ1) is 15.1. The number of piperazine rings is 2. The molecular formula is C20H36N8O4. The molecule has 0 aliphatic carbocycles. The number of ketones is 1. The molecule has 32 heavy (non-hydrogen) atoms. The molecule has 4 atom stereocenters. The average molecular weight is 453 g/mol. The number of nitrogens with one attached hydrogen (secondary N) is 5. The van der Waals surface area contributed by atoms with Gasteiger partial charge in [0.05, 0.1) is 18.6 Å².